The third kappa shape index (κ3) is 2.00. The molecule has 20 heavy (non-hydrogen) atoms. The fourth-order valence-electron chi connectivity index (χ4n) is 2.38. The van der Waals surface area contributed by atoms with Crippen LogP contribution in [0, 0.1) is 0 Å². The van der Waals surface area contributed by atoms with Crippen LogP contribution in [0.3, 0.4) is 0 Å². The van der Waals surface area contributed by atoms with Gasteiger partial charge >= 0.3 is 0 Å². The Labute approximate surface area is 116 Å². The number of fused-ring (bicyclic) bond motifs is 1. The predicted octanol–water partition coefficient (Wildman–Crippen LogP) is 1.97. The summed E-state index contributed by atoms with van der Waals surface area (Å²) in [5.41, 5.74) is 0.291. The summed E-state index contributed by atoms with van der Waals surface area (Å²) in [7, 11) is 2.97. The molecule has 1 amide bonds. The first-order chi connectivity index (χ1) is 9.63. The molecule has 1 saturated carbocycles. The van der Waals surface area contributed by atoms with Gasteiger partial charge in [0.25, 0.3) is 11.5 Å². The lowest BCUT2D eigenvalue weighted by molar-refractivity contribution is -0.0763. The van der Waals surface area contributed by atoms with Crippen LogP contribution in [0.1, 0.15) is 29.4 Å². The lowest BCUT2D eigenvalue weighted by Gasteiger charge is -2.18. The van der Waals surface area contributed by atoms with E-state index in [9.17, 15) is 9.59 Å². The molecule has 0 saturated heterocycles. The van der Waals surface area contributed by atoms with Crippen molar-refractivity contribution in [2.45, 2.75) is 18.9 Å². The summed E-state index contributed by atoms with van der Waals surface area (Å²) in [6, 6.07) is 9.24. The van der Waals surface area contributed by atoms with Gasteiger partial charge in [0.05, 0.1) is 7.11 Å². The summed E-state index contributed by atoms with van der Waals surface area (Å²) in [5.74, 6) is -0.303. The molecule has 5 heteroatoms. The normalized spacial score (nSPS) is 14.5. The van der Waals surface area contributed by atoms with Crippen LogP contribution < -0.4 is 5.56 Å². The number of carbonyl (C=O) groups is 1. The van der Waals surface area contributed by atoms with Crippen LogP contribution in [0.5, 0.6) is 0 Å². The fraction of sp³-hybridized carbons (Fsp3) is 0.333. The summed E-state index contributed by atoms with van der Waals surface area (Å²) >= 11 is 0. The van der Waals surface area contributed by atoms with Crippen molar-refractivity contribution in [1.29, 1.82) is 0 Å². The quantitative estimate of drug-likeness (QED) is 0.803. The number of hydrogen-bond donors (Lipinski definition) is 0. The summed E-state index contributed by atoms with van der Waals surface area (Å²) in [6.07, 6.45) is 1.88. The van der Waals surface area contributed by atoms with Crippen LogP contribution in [-0.4, -0.2) is 29.7 Å². The Bertz CT molecular complexity index is 731. The zero-order valence-electron chi connectivity index (χ0n) is 11.5. The number of benzene rings is 1. The van der Waals surface area contributed by atoms with Crippen LogP contribution >= 0.6 is 0 Å². The topological polar surface area (TPSA) is 51.5 Å². The molecule has 1 aliphatic carbocycles. The molecule has 1 fully saturated rings. The zero-order valence-corrected chi connectivity index (χ0v) is 11.5. The minimum absolute atomic E-state index is 0.0987. The largest absolute Gasteiger partial charge is 0.300 e. The monoisotopic (exact) mass is 272 g/mol. The first-order valence-electron chi connectivity index (χ1n) is 6.60. The van der Waals surface area contributed by atoms with Gasteiger partial charge in [-0.15, -0.1) is 0 Å². The molecule has 5 nitrogen and oxygen atoms in total. The summed E-state index contributed by atoms with van der Waals surface area (Å²) in [5, 5.41) is 2.57. The van der Waals surface area contributed by atoms with E-state index in [2.05, 4.69) is 0 Å². The number of rotatable bonds is 3. The number of hydrogen-bond acceptors (Lipinski definition) is 3. The van der Waals surface area contributed by atoms with Gasteiger partial charge in [0.15, 0.2) is 0 Å². The van der Waals surface area contributed by atoms with Crippen molar-refractivity contribution in [3.8, 4) is 0 Å². The summed E-state index contributed by atoms with van der Waals surface area (Å²) < 4.78 is 1.61. The summed E-state index contributed by atoms with van der Waals surface area (Å²) in [6.45, 7) is 0. The molecule has 0 unspecified atom stereocenters. The number of aromatic nitrogens is 1. The van der Waals surface area contributed by atoms with E-state index < -0.39 is 0 Å². The number of carbonyl (C=O) groups excluding carboxylic acids is 1. The maximum Gasteiger partial charge on any atom is 0.293 e. The third-order valence-corrected chi connectivity index (χ3v) is 3.65. The first kappa shape index (κ1) is 12.9. The van der Waals surface area contributed by atoms with Crippen LogP contribution in [0.4, 0.5) is 0 Å². The van der Waals surface area contributed by atoms with Gasteiger partial charge in [-0.05, 0) is 30.4 Å². The second-order valence-electron chi connectivity index (χ2n) is 5.01. The SMILES string of the molecule is CON(C)C(=O)c1cc2ccccc2c(=O)n1C1CC1. The van der Waals surface area contributed by atoms with E-state index in [-0.39, 0.29) is 17.5 Å². The van der Waals surface area contributed by atoms with Gasteiger partial charge in [-0.25, -0.2) is 5.06 Å². The lowest BCUT2D eigenvalue weighted by Crippen LogP contribution is -2.33. The van der Waals surface area contributed by atoms with Crippen molar-refractivity contribution in [3.05, 3.63) is 46.4 Å². The molecule has 1 aromatic carbocycles. The molecular weight excluding hydrogens is 256 g/mol. The van der Waals surface area contributed by atoms with E-state index in [1.165, 1.54) is 7.11 Å². The molecule has 1 heterocycles. The molecule has 0 bridgehead atoms. The number of amides is 1. The zero-order chi connectivity index (χ0) is 14.3. The standard InChI is InChI=1S/C15H16N2O3/c1-16(20-2)15(19)13-9-10-5-3-4-6-12(10)14(18)17(13)11-7-8-11/h3-6,9,11H,7-8H2,1-2H3. The average Bonchev–Trinajstić information content (AvgIpc) is 3.30. The van der Waals surface area contributed by atoms with E-state index in [0.29, 0.717) is 11.1 Å². The maximum atomic E-state index is 12.6. The molecule has 0 radical (unpaired) electrons. The highest BCUT2D eigenvalue weighted by Gasteiger charge is 2.30. The van der Waals surface area contributed by atoms with Crippen molar-refractivity contribution in [2.75, 3.05) is 14.2 Å². The molecular formula is C15H16N2O3. The number of nitrogens with zero attached hydrogens (tertiary/aromatic N) is 2. The minimum atomic E-state index is -0.303. The van der Waals surface area contributed by atoms with Crippen LogP contribution in [-0.2, 0) is 4.84 Å². The Morgan fingerprint density at radius 2 is 2.05 bits per heavy atom. The lowest BCUT2D eigenvalue weighted by atomic mass is 10.1. The maximum absolute atomic E-state index is 12.6. The average molecular weight is 272 g/mol. The molecule has 0 N–H and O–H groups in total. The Balaban J connectivity index is 2.27. The van der Waals surface area contributed by atoms with Gasteiger partial charge in [-0.2, -0.15) is 0 Å². The molecule has 104 valence electrons. The number of pyridine rings is 1. The molecule has 1 aromatic heterocycles. The van der Waals surface area contributed by atoms with Crippen LogP contribution in [0.2, 0.25) is 0 Å². The molecule has 3 rings (SSSR count). The van der Waals surface area contributed by atoms with E-state index in [4.69, 9.17) is 4.84 Å². The molecule has 2 aromatic rings. The van der Waals surface area contributed by atoms with E-state index >= 15 is 0 Å². The summed E-state index contributed by atoms with van der Waals surface area (Å²) in [4.78, 5) is 29.9. The van der Waals surface area contributed by atoms with Crippen LogP contribution in [0.25, 0.3) is 10.8 Å². The Kier molecular flexibility index (Phi) is 3.06. The predicted molar refractivity (Wildman–Crippen MR) is 75.6 cm³/mol. The molecule has 0 spiro atoms. The van der Waals surface area contributed by atoms with Gasteiger partial charge in [0, 0.05) is 18.5 Å². The first-order valence-corrected chi connectivity index (χ1v) is 6.60. The molecule has 1 aliphatic rings. The van der Waals surface area contributed by atoms with Crippen LogP contribution in [0.15, 0.2) is 35.1 Å². The van der Waals surface area contributed by atoms with Crippen molar-refractivity contribution in [1.82, 2.24) is 9.63 Å². The third-order valence-electron chi connectivity index (χ3n) is 3.65. The van der Waals surface area contributed by atoms with Gasteiger partial charge in [0.1, 0.15) is 5.69 Å². The highest BCUT2D eigenvalue weighted by atomic mass is 16.7. The number of hydroxylamine groups is 2. The highest BCUT2D eigenvalue weighted by Crippen LogP contribution is 2.35. The van der Waals surface area contributed by atoms with Gasteiger partial charge in [-0.1, -0.05) is 18.2 Å². The van der Waals surface area contributed by atoms with Crippen molar-refractivity contribution < 1.29 is 9.63 Å². The van der Waals surface area contributed by atoms with Crippen molar-refractivity contribution in [2.24, 2.45) is 0 Å². The van der Waals surface area contributed by atoms with E-state index in [0.717, 1.165) is 23.3 Å². The Morgan fingerprint density at radius 3 is 2.70 bits per heavy atom. The van der Waals surface area contributed by atoms with E-state index in [1.807, 2.05) is 18.2 Å². The van der Waals surface area contributed by atoms with Crippen molar-refractivity contribution in [3.63, 3.8) is 0 Å². The van der Waals surface area contributed by atoms with Gasteiger partial charge < -0.3 is 4.57 Å². The Morgan fingerprint density at radius 1 is 1.35 bits per heavy atom. The fourth-order valence-corrected chi connectivity index (χ4v) is 2.38. The highest BCUT2D eigenvalue weighted by molar-refractivity contribution is 5.96. The molecule has 0 aliphatic heterocycles. The van der Waals surface area contributed by atoms with Gasteiger partial charge in [0.2, 0.25) is 0 Å². The van der Waals surface area contributed by atoms with E-state index in [1.54, 1.807) is 23.7 Å². The van der Waals surface area contributed by atoms with Gasteiger partial charge in [-0.3, -0.25) is 14.4 Å². The smallest absolute Gasteiger partial charge is 0.293 e. The van der Waals surface area contributed by atoms with Crippen molar-refractivity contribution >= 4 is 16.7 Å². The second kappa shape index (κ2) is 4.76. The minimum Gasteiger partial charge on any atom is -0.300 e. The Hall–Kier alpha value is -2.14. The molecule has 0 atom stereocenters. The second-order valence-corrected chi connectivity index (χ2v) is 5.01.